The van der Waals surface area contributed by atoms with Gasteiger partial charge >= 0.3 is 6.18 Å². The minimum atomic E-state index is -4.49. The maximum absolute atomic E-state index is 14.8. The van der Waals surface area contributed by atoms with Crippen molar-refractivity contribution < 1.29 is 22.4 Å². The molecule has 10 heteroatoms. The van der Waals surface area contributed by atoms with Crippen LogP contribution < -0.4 is 10.2 Å². The lowest BCUT2D eigenvalue weighted by Crippen LogP contribution is -2.30. The molecule has 6 nitrogen and oxygen atoms in total. The lowest BCUT2D eigenvalue weighted by molar-refractivity contribution is -0.143. The van der Waals surface area contributed by atoms with Gasteiger partial charge in [-0.05, 0) is 23.8 Å². The molecule has 0 aromatic carbocycles. The number of rotatable bonds is 4. The standard InChI is InChI=1S/C21H25F4N5O/c1-20(2,3)8-17(31)26-19-14(22)7-15-18(27-19)13-5-11(13)9-30(15)10-12-6-16(21(23,24)25)29(4)28-12/h6-7,11,13H,5,8-10H2,1-4H3,(H,26,27,31)/t11-,13-/m0/s1. The molecule has 0 radical (unpaired) electrons. The Bertz CT molecular complexity index is 1020. The van der Waals surface area contributed by atoms with E-state index < -0.39 is 17.7 Å². The number of nitrogens with zero attached hydrogens (tertiary/aromatic N) is 4. The zero-order chi connectivity index (χ0) is 22.7. The molecule has 31 heavy (non-hydrogen) atoms. The van der Waals surface area contributed by atoms with Gasteiger partial charge in [-0.2, -0.15) is 18.3 Å². The van der Waals surface area contributed by atoms with Crippen molar-refractivity contribution in [1.82, 2.24) is 14.8 Å². The maximum atomic E-state index is 14.8. The van der Waals surface area contributed by atoms with Crippen molar-refractivity contribution in [3.05, 3.63) is 35.0 Å². The smallest absolute Gasteiger partial charge is 0.364 e. The number of aryl methyl sites for hydroxylation is 1. The summed E-state index contributed by atoms with van der Waals surface area (Å²) in [6.45, 7) is 6.47. The van der Waals surface area contributed by atoms with Gasteiger partial charge in [-0.1, -0.05) is 20.8 Å². The predicted octanol–water partition coefficient (Wildman–Crippen LogP) is 4.47. The Kier molecular flexibility index (Phi) is 5.01. The van der Waals surface area contributed by atoms with Crippen LogP contribution in [0.3, 0.4) is 0 Å². The van der Waals surface area contributed by atoms with Crippen LogP contribution in [0.25, 0.3) is 0 Å². The molecule has 0 bridgehead atoms. The van der Waals surface area contributed by atoms with Crippen LogP contribution in [0.4, 0.5) is 29.1 Å². The number of hydrogen-bond donors (Lipinski definition) is 1. The number of carbonyl (C=O) groups is 1. The number of hydrogen-bond acceptors (Lipinski definition) is 4. The van der Waals surface area contributed by atoms with Crippen molar-refractivity contribution in [1.29, 1.82) is 0 Å². The third-order valence-electron chi connectivity index (χ3n) is 5.58. The number of carbonyl (C=O) groups excluding carboxylic acids is 1. The topological polar surface area (TPSA) is 63.1 Å². The molecule has 1 saturated carbocycles. The van der Waals surface area contributed by atoms with Crippen molar-refractivity contribution in [3.63, 3.8) is 0 Å². The van der Waals surface area contributed by atoms with E-state index in [-0.39, 0.29) is 41.7 Å². The summed E-state index contributed by atoms with van der Waals surface area (Å²) < 4.78 is 54.8. The molecule has 0 saturated heterocycles. The third kappa shape index (κ3) is 4.52. The third-order valence-corrected chi connectivity index (χ3v) is 5.58. The van der Waals surface area contributed by atoms with Crippen molar-refractivity contribution in [2.75, 3.05) is 16.8 Å². The van der Waals surface area contributed by atoms with Crippen molar-refractivity contribution in [2.24, 2.45) is 18.4 Å². The highest BCUT2D eigenvalue weighted by Crippen LogP contribution is 2.54. The van der Waals surface area contributed by atoms with Crippen LogP contribution in [0.1, 0.15) is 56.6 Å². The first-order chi connectivity index (χ1) is 14.3. The van der Waals surface area contributed by atoms with Gasteiger partial charge in [0.05, 0.1) is 23.6 Å². The second-order valence-corrected chi connectivity index (χ2v) is 9.63. The van der Waals surface area contributed by atoms with Gasteiger partial charge in [0.2, 0.25) is 5.91 Å². The van der Waals surface area contributed by atoms with Gasteiger partial charge in [0.15, 0.2) is 11.6 Å². The number of halogens is 4. The Hall–Kier alpha value is -2.65. The van der Waals surface area contributed by atoms with Gasteiger partial charge < -0.3 is 10.2 Å². The molecule has 1 aliphatic heterocycles. The Morgan fingerprint density at radius 1 is 1.26 bits per heavy atom. The summed E-state index contributed by atoms with van der Waals surface area (Å²) in [7, 11) is 1.25. The maximum Gasteiger partial charge on any atom is 0.433 e. The highest BCUT2D eigenvalue weighted by Gasteiger charge is 2.47. The molecule has 2 aromatic rings. The van der Waals surface area contributed by atoms with Crippen molar-refractivity contribution in [3.8, 4) is 0 Å². The number of pyridine rings is 1. The summed E-state index contributed by atoms with van der Waals surface area (Å²) in [5.74, 6) is -0.583. The monoisotopic (exact) mass is 439 g/mol. The first-order valence-corrected chi connectivity index (χ1v) is 10.2. The van der Waals surface area contributed by atoms with E-state index in [4.69, 9.17) is 0 Å². The normalized spacial score (nSPS) is 20.3. The zero-order valence-electron chi connectivity index (χ0n) is 17.8. The molecule has 3 heterocycles. The average Bonchev–Trinajstić information content (AvgIpc) is 3.27. The summed E-state index contributed by atoms with van der Waals surface area (Å²) in [6.07, 6.45) is -3.38. The van der Waals surface area contributed by atoms with Crippen LogP contribution in [0, 0.1) is 17.2 Å². The van der Waals surface area contributed by atoms with Crippen molar-refractivity contribution >= 4 is 17.4 Å². The van der Waals surface area contributed by atoms with E-state index in [0.29, 0.717) is 23.8 Å². The van der Waals surface area contributed by atoms with Crippen LogP contribution in [-0.4, -0.2) is 27.2 Å². The van der Waals surface area contributed by atoms with E-state index in [9.17, 15) is 22.4 Å². The summed E-state index contributed by atoms with van der Waals surface area (Å²) >= 11 is 0. The summed E-state index contributed by atoms with van der Waals surface area (Å²) in [6, 6.07) is 2.33. The number of aromatic nitrogens is 3. The molecular weight excluding hydrogens is 414 g/mol. The van der Waals surface area contributed by atoms with Gasteiger partial charge in [-0.15, -0.1) is 0 Å². The average molecular weight is 439 g/mol. The van der Waals surface area contributed by atoms with Crippen LogP contribution >= 0.6 is 0 Å². The quantitative estimate of drug-likeness (QED) is 0.714. The molecule has 2 atom stereocenters. The second-order valence-electron chi connectivity index (χ2n) is 9.63. The fourth-order valence-electron chi connectivity index (χ4n) is 4.15. The van der Waals surface area contributed by atoms with E-state index >= 15 is 0 Å². The fraction of sp³-hybridized carbons (Fsp3) is 0.571. The SMILES string of the molecule is Cn1nc(CN2C[C@@H]3C[C@@H]3c3nc(NC(=O)CC(C)(C)C)c(F)cc32)cc1C(F)(F)F. The molecule has 2 aliphatic rings. The highest BCUT2D eigenvalue weighted by molar-refractivity contribution is 5.90. The fourth-order valence-corrected chi connectivity index (χ4v) is 4.15. The Morgan fingerprint density at radius 3 is 2.58 bits per heavy atom. The van der Waals surface area contributed by atoms with Gasteiger partial charge in [0.1, 0.15) is 5.69 Å². The molecular formula is C21H25F4N5O. The number of amides is 1. The Balaban J connectivity index is 1.59. The minimum Gasteiger partial charge on any atom is -0.364 e. The number of alkyl halides is 3. The van der Waals surface area contributed by atoms with Gasteiger partial charge in [0, 0.05) is 32.0 Å². The van der Waals surface area contributed by atoms with Crippen LogP contribution in [-0.2, 0) is 24.6 Å². The molecule has 168 valence electrons. The molecule has 4 rings (SSSR count). The summed E-state index contributed by atoms with van der Waals surface area (Å²) in [5, 5.41) is 6.54. The highest BCUT2D eigenvalue weighted by atomic mass is 19.4. The van der Waals surface area contributed by atoms with E-state index in [1.807, 2.05) is 25.7 Å². The zero-order valence-corrected chi connectivity index (χ0v) is 17.8. The van der Waals surface area contributed by atoms with Crippen LogP contribution in [0.2, 0.25) is 0 Å². The lowest BCUT2D eigenvalue weighted by atomic mass is 9.92. The van der Waals surface area contributed by atoms with Gasteiger partial charge in [-0.3, -0.25) is 9.48 Å². The Morgan fingerprint density at radius 2 is 1.97 bits per heavy atom. The largest absolute Gasteiger partial charge is 0.433 e. The number of fused-ring (bicyclic) bond motifs is 3. The van der Waals surface area contributed by atoms with Crippen LogP contribution in [0.5, 0.6) is 0 Å². The molecule has 1 N–H and O–H groups in total. The van der Waals surface area contributed by atoms with E-state index in [0.717, 1.165) is 17.2 Å². The first kappa shape index (κ1) is 21.6. The predicted molar refractivity (Wildman–Crippen MR) is 107 cm³/mol. The van der Waals surface area contributed by atoms with E-state index in [2.05, 4.69) is 15.4 Å². The first-order valence-electron chi connectivity index (χ1n) is 10.2. The number of nitrogens with one attached hydrogen (secondary N) is 1. The molecule has 2 aromatic heterocycles. The molecule has 0 spiro atoms. The van der Waals surface area contributed by atoms with Crippen molar-refractivity contribution in [2.45, 2.75) is 52.3 Å². The van der Waals surface area contributed by atoms with Gasteiger partial charge in [-0.25, -0.2) is 9.37 Å². The molecule has 1 aliphatic carbocycles. The van der Waals surface area contributed by atoms with Gasteiger partial charge in [0.25, 0.3) is 0 Å². The summed E-state index contributed by atoms with van der Waals surface area (Å²) in [5.41, 5.74) is 0.401. The Labute approximate surface area is 177 Å². The minimum absolute atomic E-state index is 0.0994. The van der Waals surface area contributed by atoms with Crippen LogP contribution in [0.15, 0.2) is 12.1 Å². The number of anilines is 2. The molecule has 1 fully saturated rings. The van der Waals surface area contributed by atoms with E-state index in [1.54, 1.807) is 0 Å². The molecule has 1 amide bonds. The second kappa shape index (κ2) is 7.20. The lowest BCUT2D eigenvalue weighted by Gasteiger charge is -2.30. The van der Waals surface area contributed by atoms with E-state index in [1.165, 1.54) is 13.1 Å². The summed E-state index contributed by atoms with van der Waals surface area (Å²) in [4.78, 5) is 18.5. The molecule has 0 unspecified atom stereocenters.